The molecule has 2 N–H and O–H groups in total. The minimum absolute atomic E-state index is 0.0534. The minimum Gasteiger partial charge on any atom is -0.489 e. The third-order valence-corrected chi connectivity index (χ3v) is 1.46. The summed E-state index contributed by atoms with van der Waals surface area (Å²) in [6.45, 7) is 0. The number of nitrogens with zero attached hydrogens (tertiary/aromatic N) is 2. The van der Waals surface area contributed by atoms with Crippen LogP contribution >= 0.6 is 11.6 Å². The lowest BCUT2D eigenvalue weighted by Gasteiger charge is -2.06. The number of aromatic nitrogens is 2. The van der Waals surface area contributed by atoms with E-state index in [9.17, 15) is 0 Å². The van der Waals surface area contributed by atoms with Gasteiger partial charge in [0.15, 0.2) is 5.15 Å². The van der Waals surface area contributed by atoms with Crippen LogP contribution in [0.25, 0.3) is 0 Å². The molecule has 0 saturated heterocycles. The lowest BCUT2D eigenvalue weighted by molar-refractivity contribution is 0.342. The van der Waals surface area contributed by atoms with Crippen molar-refractivity contribution in [3.63, 3.8) is 0 Å². The maximum Gasteiger partial charge on any atom is 0.263 e. The van der Waals surface area contributed by atoms with Gasteiger partial charge < -0.3 is 15.2 Å². The van der Waals surface area contributed by atoms with Gasteiger partial charge in [-0.15, -0.1) is 0 Å². The Morgan fingerprint density at radius 3 is 2.42 bits per heavy atom. The molecule has 0 aromatic carbocycles. The van der Waals surface area contributed by atoms with Crippen LogP contribution in [0.4, 0.5) is 5.95 Å². The molecule has 0 aliphatic heterocycles. The summed E-state index contributed by atoms with van der Waals surface area (Å²) < 4.78 is 9.74. The van der Waals surface area contributed by atoms with Gasteiger partial charge in [-0.25, -0.2) is 0 Å². The van der Waals surface area contributed by atoms with Gasteiger partial charge in [0.1, 0.15) is 0 Å². The molecular weight excluding hydrogens is 182 g/mol. The van der Waals surface area contributed by atoms with Crippen molar-refractivity contribution in [3.8, 4) is 11.6 Å². The van der Waals surface area contributed by atoms with E-state index < -0.39 is 0 Å². The molecular formula is C6H8ClN3O2. The van der Waals surface area contributed by atoms with E-state index in [2.05, 4.69) is 9.97 Å². The van der Waals surface area contributed by atoms with Crippen molar-refractivity contribution in [2.75, 3.05) is 20.0 Å². The first-order valence-corrected chi connectivity index (χ1v) is 3.47. The molecule has 0 amide bonds. The monoisotopic (exact) mass is 189 g/mol. The lowest BCUT2D eigenvalue weighted by atomic mass is 10.5. The summed E-state index contributed by atoms with van der Waals surface area (Å²) in [7, 11) is 2.89. The Labute approximate surface area is 74.5 Å². The molecule has 0 bridgehead atoms. The van der Waals surface area contributed by atoms with Gasteiger partial charge in [-0.05, 0) is 0 Å². The largest absolute Gasteiger partial charge is 0.489 e. The van der Waals surface area contributed by atoms with Crippen LogP contribution in [0.5, 0.6) is 11.6 Å². The van der Waals surface area contributed by atoms with Crippen molar-refractivity contribution in [1.82, 2.24) is 9.97 Å². The molecule has 0 saturated carbocycles. The second-order valence-electron chi connectivity index (χ2n) is 1.92. The fraction of sp³-hybridized carbons (Fsp3) is 0.333. The van der Waals surface area contributed by atoms with Crippen molar-refractivity contribution in [3.05, 3.63) is 5.15 Å². The van der Waals surface area contributed by atoms with Gasteiger partial charge >= 0.3 is 0 Å². The zero-order valence-electron chi connectivity index (χ0n) is 6.67. The van der Waals surface area contributed by atoms with E-state index >= 15 is 0 Å². The van der Waals surface area contributed by atoms with Crippen LogP contribution < -0.4 is 15.2 Å². The molecule has 5 nitrogen and oxygen atoms in total. The van der Waals surface area contributed by atoms with Crippen molar-refractivity contribution in [2.24, 2.45) is 0 Å². The summed E-state index contributed by atoms with van der Waals surface area (Å²) in [5, 5.41) is 0.141. The summed E-state index contributed by atoms with van der Waals surface area (Å²) in [6.07, 6.45) is 0. The number of hydrogen-bond donors (Lipinski definition) is 1. The van der Waals surface area contributed by atoms with E-state index in [1.54, 1.807) is 0 Å². The number of ether oxygens (including phenoxy) is 2. The SMILES string of the molecule is COc1nc(N)nc(Cl)c1OC. The highest BCUT2D eigenvalue weighted by Gasteiger charge is 2.12. The third kappa shape index (κ3) is 1.50. The molecule has 1 heterocycles. The Balaban J connectivity index is 3.24. The van der Waals surface area contributed by atoms with E-state index in [-0.39, 0.29) is 22.7 Å². The van der Waals surface area contributed by atoms with Crippen molar-refractivity contribution < 1.29 is 9.47 Å². The zero-order chi connectivity index (χ0) is 9.14. The number of anilines is 1. The molecule has 12 heavy (non-hydrogen) atoms. The standard InChI is InChI=1S/C6H8ClN3O2/c1-11-3-4(7)9-6(8)10-5(3)12-2/h1-2H3,(H2,8,9,10). The van der Waals surface area contributed by atoms with Crippen LogP contribution in [-0.4, -0.2) is 24.2 Å². The van der Waals surface area contributed by atoms with Crippen LogP contribution in [-0.2, 0) is 0 Å². The summed E-state index contributed by atoms with van der Waals surface area (Å²) in [4.78, 5) is 7.44. The Morgan fingerprint density at radius 1 is 1.25 bits per heavy atom. The zero-order valence-corrected chi connectivity index (χ0v) is 7.42. The van der Waals surface area contributed by atoms with Crippen LogP contribution in [0.15, 0.2) is 0 Å². The quantitative estimate of drug-likeness (QED) is 0.695. The number of methoxy groups -OCH3 is 2. The van der Waals surface area contributed by atoms with E-state index in [1.165, 1.54) is 14.2 Å². The number of nitrogens with two attached hydrogens (primary N) is 1. The Bertz CT molecular complexity index is 292. The van der Waals surface area contributed by atoms with Gasteiger partial charge in [0, 0.05) is 0 Å². The predicted octanol–water partition coefficient (Wildman–Crippen LogP) is 0.729. The average molecular weight is 190 g/mol. The summed E-state index contributed by atoms with van der Waals surface area (Å²) in [6, 6.07) is 0. The first-order valence-electron chi connectivity index (χ1n) is 3.10. The molecule has 6 heteroatoms. The van der Waals surface area contributed by atoms with Gasteiger partial charge in [-0.2, -0.15) is 9.97 Å². The first-order chi connectivity index (χ1) is 5.69. The first kappa shape index (κ1) is 8.86. The number of nitrogen functional groups attached to an aromatic ring is 1. The van der Waals surface area contributed by atoms with Crippen LogP contribution in [0, 0.1) is 0 Å². The molecule has 0 aliphatic rings. The fourth-order valence-corrected chi connectivity index (χ4v) is 0.974. The number of hydrogen-bond acceptors (Lipinski definition) is 5. The second kappa shape index (κ2) is 3.44. The van der Waals surface area contributed by atoms with Crippen molar-refractivity contribution in [1.29, 1.82) is 0 Å². The summed E-state index contributed by atoms with van der Waals surface area (Å²) in [5.41, 5.74) is 5.32. The molecule has 0 spiro atoms. The van der Waals surface area contributed by atoms with Gasteiger partial charge in [0.2, 0.25) is 11.7 Å². The maximum absolute atomic E-state index is 5.68. The van der Waals surface area contributed by atoms with Gasteiger partial charge in [0.05, 0.1) is 14.2 Å². The second-order valence-corrected chi connectivity index (χ2v) is 2.27. The minimum atomic E-state index is 0.0534. The van der Waals surface area contributed by atoms with Gasteiger partial charge in [-0.3, -0.25) is 0 Å². The Kier molecular flexibility index (Phi) is 2.54. The number of rotatable bonds is 2. The van der Waals surface area contributed by atoms with E-state index in [1.807, 2.05) is 0 Å². The van der Waals surface area contributed by atoms with Crippen molar-refractivity contribution in [2.45, 2.75) is 0 Å². The van der Waals surface area contributed by atoms with Gasteiger partial charge in [-0.1, -0.05) is 11.6 Å². The number of halogens is 1. The molecule has 0 unspecified atom stereocenters. The Morgan fingerprint density at radius 2 is 1.92 bits per heavy atom. The topological polar surface area (TPSA) is 70.3 Å². The van der Waals surface area contributed by atoms with Crippen molar-refractivity contribution >= 4 is 17.5 Å². The van der Waals surface area contributed by atoms with Crippen LogP contribution in [0.1, 0.15) is 0 Å². The molecule has 0 radical (unpaired) electrons. The fourth-order valence-electron chi connectivity index (χ4n) is 0.729. The van der Waals surface area contributed by atoms with E-state index in [4.69, 9.17) is 26.8 Å². The summed E-state index contributed by atoms with van der Waals surface area (Å²) in [5.74, 6) is 0.570. The normalized spacial score (nSPS) is 9.58. The molecule has 0 fully saturated rings. The third-order valence-electron chi connectivity index (χ3n) is 1.21. The van der Waals surface area contributed by atoms with E-state index in [0.717, 1.165) is 0 Å². The average Bonchev–Trinajstić information content (AvgIpc) is 2.03. The highest BCUT2D eigenvalue weighted by atomic mass is 35.5. The van der Waals surface area contributed by atoms with Crippen LogP contribution in [0.2, 0.25) is 5.15 Å². The summed E-state index contributed by atoms with van der Waals surface area (Å²) >= 11 is 5.68. The molecule has 66 valence electrons. The smallest absolute Gasteiger partial charge is 0.263 e. The maximum atomic E-state index is 5.68. The molecule has 0 aliphatic carbocycles. The highest BCUT2D eigenvalue weighted by Crippen LogP contribution is 2.31. The highest BCUT2D eigenvalue weighted by molar-refractivity contribution is 6.31. The predicted molar refractivity (Wildman–Crippen MR) is 44.6 cm³/mol. The molecule has 1 rings (SSSR count). The lowest BCUT2D eigenvalue weighted by Crippen LogP contribution is -2.01. The molecule has 1 aromatic heterocycles. The van der Waals surface area contributed by atoms with Gasteiger partial charge in [0.25, 0.3) is 5.88 Å². The molecule has 0 atom stereocenters. The van der Waals surface area contributed by atoms with Crippen LogP contribution in [0.3, 0.4) is 0 Å². The molecule has 1 aromatic rings. The van der Waals surface area contributed by atoms with E-state index in [0.29, 0.717) is 0 Å². The Hall–Kier alpha value is -1.23.